The van der Waals surface area contributed by atoms with Gasteiger partial charge in [0.2, 0.25) is 0 Å². The quantitative estimate of drug-likeness (QED) is 0.534. The molecule has 0 saturated heterocycles. The maximum Gasteiger partial charge on any atom is 0.0261 e. The van der Waals surface area contributed by atoms with Crippen LogP contribution in [-0.4, -0.2) is 5.88 Å². The number of allylic oxidation sites excluding steroid dienone is 2. The monoisotopic (exact) mass is 152 g/mol. The normalized spacial score (nSPS) is 13.5. The molecule has 0 spiro atoms. The van der Waals surface area contributed by atoms with Gasteiger partial charge in [-0.1, -0.05) is 17.2 Å². The Morgan fingerprint density at radius 3 is 2.00 bits per heavy atom. The first-order chi connectivity index (χ1) is 3.68. The summed E-state index contributed by atoms with van der Waals surface area (Å²) < 4.78 is 0. The predicted octanol–water partition coefficient (Wildman–Crippen LogP) is 3.15. The molecule has 0 fully saturated rings. The molecule has 0 amide bonds. The molecule has 0 bridgehead atoms. The van der Waals surface area contributed by atoms with Crippen LogP contribution >= 0.6 is 23.2 Å². The van der Waals surface area contributed by atoms with E-state index < -0.39 is 0 Å². The van der Waals surface area contributed by atoms with Gasteiger partial charge in [-0.25, -0.2) is 0 Å². The summed E-state index contributed by atoms with van der Waals surface area (Å²) in [5.41, 5.74) is 1.18. The second-order valence-corrected chi connectivity index (χ2v) is 2.70. The Balaban J connectivity index is 3.62. The lowest BCUT2D eigenvalue weighted by atomic mass is 10.2. The molecule has 0 unspecified atom stereocenters. The van der Waals surface area contributed by atoms with Gasteiger partial charge >= 0.3 is 0 Å². The fourth-order valence-electron chi connectivity index (χ4n) is 0.314. The molecule has 0 heterocycles. The van der Waals surface area contributed by atoms with Crippen molar-refractivity contribution in [2.45, 2.75) is 20.3 Å². The summed E-state index contributed by atoms with van der Waals surface area (Å²) in [7, 11) is 0. The van der Waals surface area contributed by atoms with Crippen molar-refractivity contribution < 1.29 is 0 Å². The largest absolute Gasteiger partial charge is 0.126 e. The molecule has 2 heteroatoms. The van der Waals surface area contributed by atoms with Gasteiger partial charge in [-0.3, -0.25) is 0 Å². The van der Waals surface area contributed by atoms with Gasteiger partial charge < -0.3 is 0 Å². The van der Waals surface area contributed by atoms with Crippen LogP contribution < -0.4 is 0 Å². The molecule has 0 aromatic rings. The van der Waals surface area contributed by atoms with Gasteiger partial charge in [-0.2, -0.15) is 0 Å². The van der Waals surface area contributed by atoms with Crippen LogP contribution in [0.5, 0.6) is 0 Å². The van der Waals surface area contributed by atoms with Crippen molar-refractivity contribution in [2.75, 3.05) is 5.88 Å². The third kappa shape index (κ3) is 3.34. The zero-order valence-corrected chi connectivity index (χ0v) is 6.68. The second-order valence-electron chi connectivity index (χ2n) is 1.75. The summed E-state index contributed by atoms with van der Waals surface area (Å²) in [5, 5.41) is 0.866. The molecule has 0 aromatic heterocycles. The lowest BCUT2D eigenvalue weighted by Crippen LogP contribution is -1.78. The molecule has 48 valence electrons. The van der Waals surface area contributed by atoms with E-state index in [1.54, 1.807) is 0 Å². The predicted molar refractivity (Wildman–Crippen MR) is 39.6 cm³/mol. The number of hydrogen-bond acceptors (Lipinski definition) is 0. The molecular formula is C6H10Cl2. The molecule has 0 nitrogen and oxygen atoms in total. The van der Waals surface area contributed by atoms with Crippen molar-refractivity contribution >= 4 is 23.2 Å². The Hall–Kier alpha value is 0.320. The van der Waals surface area contributed by atoms with Gasteiger partial charge in [-0.15, -0.1) is 11.6 Å². The van der Waals surface area contributed by atoms with Crippen LogP contribution in [0.1, 0.15) is 20.3 Å². The van der Waals surface area contributed by atoms with Crippen molar-refractivity contribution in [3.8, 4) is 0 Å². The smallest absolute Gasteiger partial charge is 0.0261 e. The van der Waals surface area contributed by atoms with E-state index in [9.17, 15) is 0 Å². The highest BCUT2D eigenvalue weighted by Gasteiger charge is 1.90. The standard InChI is InChI=1S/C6H10Cl2/c1-5(3-4-7)6(2)8/h3-4H2,1-2H3/b6-5-. The summed E-state index contributed by atoms with van der Waals surface area (Å²) >= 11 is 11.1. The summed E-state index contributed by atoms with van der Waals surface area (Å²) in [4.78, 5) is 0. The van der Waals surface area contributed by atoms with E-state index in [-0.39, 0.29) is 0 Å². The van der Waals surface area contributed by atoms with Gasteiger partial charge in [0, 0.05) is 10.9 Å². The first-order valence-electron chi connectivity index (χ1n) is 2.56. The lowest BCUT2D eigenvalue weighted by Gasteiger charge is -1.95. The summed E-state index contributed by atoms with van der Waals surface area (Å²) in [6.45, 7) is 3.87. The van der Waals surface area contributed by atoms with Gasteiger partial charge in [-0.05, 0) is 20.3 Å². The van der Waals surface area contributed by atoms with Crippen LogP contribution in [0.2, 0.25) is 0 Å². The van der Waals surface area contributed by atoms with Gasteiger partial charge in [0.15, 0.2) is 0 Å². The summed E-state index contributed by atoms with van der Waals surface area (Å²) in [6.07, 6.45) is 0.900. The fourth-order valence-corrected chi connectivity index (χ4v) is 0.692. The number of halogens is 2. The van der Waals surface area contributed by atoms with E-state index in [0.717, 1.165) is 11.5 Å². The highest BCUT2D eigenvalue weighted by molar-refractivity contribution is 6.29. The van der Waals surface area contributed by atoms with Crippen LogP contribution in [0.3, 0.4) is 0 Å². The van der Waals surface area contributed by atoms with E-state index in [1.807, 2.05) is 13.8 Å². The molecule has 0 aliphatic heterocycles. The topological polar surface area (TPSA) is 0 Å². The average molecular weight is 153 g/mol. The van der Waals surface area contributed by atoms with Crippen molar-refractivity contribution in [3.63, 3.8) is 0 Å². The van der Waals surface area contributed by atoms with E-state index in [0.29, 0.717) is 5.88 Å². The molecule has 0 rings (SSSR count). The first-order valence-corrected chi connectivity index (χ1v) is 3.47. The minimum atomic E-state index is 0.663. The SMILES string of the molecule is C/C(Cl)=C(\C)CCCl. The lowest BCUT2D eigenvalue weighted by molar-refractivity contribution is 1.09. The van der Waals surface area contributed by atoms with E-state index in [4.69, 9.17) is 23.2 Å². The van der Waals surface area contributed by atoms with Crippen molar-refractivity contribution in [2.24, 2.45) is 0 Å². The third-order valence-corrected chi connectivity index (χ3v) is 1.57. The highest BCUT2D eigenvalue weighted by Crippen LogP contribution is 2.11. The Bertz CT molecular complexity index is 90.7. The second kappa shape index (κ2) is 4.22. The minimum absolute atomic E-state index is 0.663. The van der Waals surface area contributed by atoms with Gasteiger partial charge in [0.1, 0.15) is 0 Å². The van der Waals surface area contributed by atoms with Gasteiger partial charge in [0.25, 0.3) is 0 Å². The molecule has 0 aliphatic rings. The molecule has 8 heavy (non-hydrogen) atoms. The average Bonchev–Trinajstić information content (AvgIpc) is 1.67. The number of hydrogen-bond donors (Lipinski definition) is 0. The van der Waals surface area contributed by atoms with Crippen molar-refractivity contribution in [1.82, 2.24) is 0 Å². The fraction of sp³-hybridized carbons (Fsp3) is 0.667. The van der Waals surface area contributed by atoms with Crippen molar-refractivity contribution in [1.29, 1.82) is 0 Å². The Kier molecular flexibility index (Phi) is 4.39. The molecular weight excluding hydrogens is 143 g/mol. The maximum absolute atomic E-state index is 5.63. The summed E-state index contributed by atoms with van der Waals surface area (Å²) in [6, 6.07) is 0. The zero-order chi connectivity index (χ0) is 6.57. The summed E-state index contributed by atoms with van der Waals surface area (Å²) in [5.74, 6) is 0.663. The van der Waals surface area contributed by atoms with Crippen molar-refractivity contribution in [3.05, 3.63) is 10.6 Å². The van der Waals surface area contributed by atoms with Gasteiger partial charge in [0.05, 0.1) is 0 Å². The number of alkyl halides is 1. The first kappa shape index (κ1) is 8.32. The van der Waals surface area contributed by atoms with Crippen LogP contribution in [0, 0.1) is 0 Å². The molecule has 0 saturated carbocycles. The third-order valence-electron chi connectivity index (χ3n) is 1.06. The van der Waals surface area contributed by atoms with Crippen LogP contribution in [-0.2, 0) is 0 Å². The van der Waals surface area contributed by atoms with E-state index in [1.165, 1.54) is 5.57 Å². The molecule has 0 aromatic carbocycles. The van der Waals surface area contributed by atoms with Crippen LogP contribution in [0.4, 0.5) is 0 Å². The molecule has 0 N–H and O–H groups in total. The van der Waals surface area contributed by atoms with Crippen LogP contribution in [0.15, 0.2) is 10.6 Å². The molecule has 0 radical (unpaired) electrons. The van der Waals surface area contributed by atoms with E-state index in [2.05, 4.69) is 0 Å². The number of rotatable bonds is 2. The Morgan fingerprint density at radius 1 is 1.38 bits per heavy atom. The Labute approximate surface area is 60.5 Å². The highest BCUT2D eigenvalue weighted by atomic mass is 35.5. The Morgan fingerprint density at radius 2 is 1.88 bits per heavy atom. The minimum Gasteiger partial charge on any atom is -0.126 e. The zero-order valence-electron chi connectivity index (χ0n) is 5.17. The van der Waals surface area contributed by atoms with Crippen LogP contribution in [0.25, 0.3) is 0 Å². The molecule has 0 atom stereocenters. The molecule has 0 aliphatic carbocycles. The van der Waals surface area contributed by atoms with E-state index >= 15 is 0 Å². The maximum atomic E-state index is 5.63.